The fraction of sp³-hybridized carbons (Fsp3) is 0. The summed E-state index contributed by atoms with van der Waals surface area (Å²) >= 11 is 1.44. The minimum absolute atomic E-state index is 0.232. The Hall–Kier alpha value is -3.51. The number of aromatic nitrogens is 3. The third-order valence-electron chi connectivity index (χ3n) is 4.39. The van der Waals surface area contributed by atoms with Crippen molar-refractivity contribution in [1.29, 1.82) is 0 Å². The molecule has 0 saturated heterocycles. The maximum absolute atomic E-state index is 12.7. The van der Waals surface area contributed by atoms with E-state index in [1.165, 1.54) is 11.3 Å². The van der Waals surface area contributed by atoms with Crippen LogP contribution in [-0.4, -0.2) is 20.9 Å². The lowest BCUT2D eigenvalue weighted by atomic mass is 10.2. The summed E-state index contributed by atoms with van der Waals surface area (Å²) in [7, 11) is 0. The summed E-state index contributed by atoms with van der Waals surface area (Å²) in [4.78, 5) is 24.9. The van der Waals surface area contributed by atoms with Crippen LogP contribution in [0.3, 0.4) is 0 Å². The molecule has 0 aliphatic carbocycles. The van der Waals surface area contributed by atoms with Crippen LogP contribution in [0.15, 0.2) is 72.2 Å². The van der Waals surface area contributed by atoms with Gasteiger partial charge in [0.05, 0.1) is 16.9 Å². The van der Waals surface area contributed by atoms with Crippen LogP contribution in [0.1, 0.15) is 10.5 Å². The highest BCUT2D eigenvalue weighted by atomic mass is 32.1. The molecule has 6 heteroatoms. The Kier molecular flexibility index (Phi) is 3.69. The number of fused-ring (bicyclic) bond motifs is 2. The molecule has 0 radical (unpaired) electrons. The van der Waals surface area contributed by atoms with Gasteiger partial charge in [0.15, 0.2) is 0 Å². The average Bonchev–Trinajstić information content (AvgIpc) is 3.35. The quantitative estimate of drug-likeness (QED) is 0.465. The van der Waals surface area contributed by atoms with E-state index in [1.807, 2.05) is 60.7 Å². The second-order valence-corrected chi connectivity index (χ2v) is 7.00. The number of para-hydroxylation sites is 1. The Morgan fingerprint density at radius 1 is 1.04 bits per heavy atom. The number of carbonyl (C=O) groups excluding carboxylic acids is 1. The highest BCUT2D eigenvalue weighted by molar-refractivity contribution is 7.13. The van der Waals surface area contributed by atoms with E-state index >= 15 is 0 Å². The van der Waals surface area contributed by atoms with E-state index in [0.29, 0.717) is 5.69 Å². The molecular weight excluding hydrogens is 356 g/mol. The Morgan fingerprint density at radius 2 is 1.96 bits per heavy atom. The molecule has 0 aliphatic rings. The number of nitrogens with zero attached hydrogens (tertiary/aromatic N) is 2. The second kappa shape index (κ2) is 6.34. The molecule has 0 fully saturated rings. The molecule has 3 heterocycles. The smallest absolute Gasteiger partial charge is 0.275 e. The van der Waals surface area contributed by atoms with E-state index in [4.69, 9.17) is 0 Å². The van der Waals surface area contributed by atoms with Crippen LogP contribution in [0.2, 0.25) is 0 Å². The van der Waals surface area contributed by atoms with Gasteiger partial charge in [-0.1, -0.05) is 24.3 Å². The minimum atomic E-state index is -0.232. The molecule has 2 aromatic carbocycles. The van der Waals surface area contributed by atoms with Gasteiger partial charge < -0.3 is 10.3 Å². The van der Waals surface area contributed by atoms with Gasteiger partial charge in [0.2, 0.25) is 0 Å². The number of aromatic amines is 1. The molecule has 0 unspecified atom stereocenters. The molecule has 0 aliphatic heterocycles. The molecule has 2 N–H and O–H groups in total. The number of H-pyrrole nitrogens is 1. The zero-order valence-electron chi connectivity index (χ0n) is 14.1. The Bertz CT molecular complexity index is 1250. The van der Waals surface area contributed by atoms with Crippen molar-refractivity contribution >= 4 is 44.7 Å². The van der Waals surface area contributed by atoms with Gasteiger partial charge in [-0.3, -0.25) is 9.78 Å². The number of hydrogen-bond acceptors (Lipinski definition) is 4. The topological polar surface area (TPSA) is 70.7 Å². The fourth-order valence-electron chi connectivity index (χ4n) is 3.09. The largest absolute Gasteiger partial charge is 0.353 e. The van der Waals surface area contributed by atoms with Crippen LogP contribution in [0.5, 0.6) is 0 Å². The first-order chi connectivity index (χ1) is 13.3. The predicted octanol–water partition coefficient (Wildman–Crippen LogP) is 5.09. The molecule has 5 nitrogen and oxygen atoms in total. The molecule has 0 atom stereocenters. The summed E-state index contributed by atoms with van der Waals surface area (Å²) in [6.07, 6.45) is 1.74. The maximum Gasteiger partial charge on any atom is 0.275 e. The maximum atomic E-state index is 12.7. The molecular formula is C21H14N4OS. The monoisotopic (exact) mass is 370 g/mol. The Balaban J connectivity index is 1.44. The van der Waals surface area contributed by atoms with E-state index in [0.717, 1.165) is 38.2 Å². The fourth-order valence-corrected chi connectivity index (χ4v) is 3.86. The molecule has 3 aromatic heterocycles. The van der Waals surface area contributed by atoms with Crippen LogP contribution in [0.25, 0.3) is 32.5 Å². The summed E-state index contributed by atoms with van der Waals surface area (Å²) in [6, 6.07) is 19.6. The van der Waals surface area contributed by atoms with Gasteiger partial charge in [0.25, 0.3) is 5.91 Å². The third kappa shape index (κ3) is 2.86. The van der Waals surface area contributed by atoms with Crippen LogP contribution < -0.4 is 5.32 Å². The first kappa shape index (κ1) is 15.7. The van der Waals surface area contributed by atoms with E-state index in [1.54, 1.807) is 11.6 Å². The van der Waals surface area contributed by atoms with Crippen LogP contribution in [-0.2, 0) is 0 Å². The van der Waals surface area contributed by atoms with Crippen molar-refractivity contribution < 1.29 is 4.79 Å². The van der Waals surface area contributed by atoms with E-state index in [-0.39, 0.29) is 5.91 Å². The molecule has 27 heavy (non-hydrogen) atoms. The molecule has 0 spiro atoms. The molecule has 5 rings (SSSR count). The molecule has 1 amide bonds. The predicted molar refractivity (Wildman–Crippen MR) is 109 cm³/mol. The van der Waals surface area contributed by atoms with Gasteiger partial charge in [-0.05, 0) is 36.4 Å². The SMILES string of the molecule is O=C(Nc1cccc2ncccc12)c1csc(-c2cc3ccccc3[nH]2)n1. The number of pyridine rings is 1. The Morgan fingerprint density at radius 3 is 2.89 bits per heavy atom. The van der Waals surface area contributed by atoms with Crippen molar-refractivity contribution in [1.82, 2.24) is 15.0 Å². The van der Waals surface area contributed by atoms with Gasteiger partial charge in [0.1, 0.15) is 10.7 Å². The van der Waals surface area contributed by atoms with Crippen LogP contribution in [0.4, 0.5) is 5.69 Å². The van der Waals surface area contributed by atoms with Crippen molar-refractivity contribution in [3.63, 3.8) is 0 Å². The molecule has 0 saturated carbocycles. The number of benzene rings is 2. The van der Waals surface area contributed by atoms with Crippen molar-refractivity contribution in [3.8, 4) is 10.7 Å². The molecule has 0 bridgehead atoms. The van der Waals surface area contributed by atoms with Gasteiger partial charge in [-0.15, -0.1) is 11.3 Å². The van der Waals surface area contributed by atoms with Gasteiger partial charge >= 0.3 is 0 Å². The lowest BCUT2D eigenvalue weighted by Crippen LogP contribution is -2.12. The number of anilines is 1. The number of hydrogen-bond donors (Lipinski definition) is 2. The second-order valence-electron chi connectivity index (χ2n) is 6.14. The lowest BCUT2D eigenvalue weighted by molar-refractivity contribution is 0.102. The average molecular weight is 370 g/mol. The zero-order chi connectivity index (χ0) is 18.2. The number of carbonyl (C=O) groups is 1. The number of amides is 1. The first-order valence-corrected chi connectivity index (χ1v) is 9.35. The first-order valence-electron chi connectivity index (χ1n) is 8.47. The van der Waals surface area contributed by atoms with E-state index in [2.05, 4.69) is 20.3 Å². The zero-order valence-corrected chi connectivity index (χ0v) is 15.0. The van der Waals surface area contributed by atoms with Gasteiger partial charge in [0, 0.05) is 27.9 Å². The summed E-state index contributed by atoms with van der Waals surface area (Å²) in [5, 5.41) is 7.54. The summed E-state index contributed by atoms with van der Waals surface area (Å²) < 4.78 is 0. The van der Waals surface area contributed by atoms with E-state index in [9.17, 15) is 4.79 Å². The number of rotatable bonds is 3. The number of thiazole rings is 1. The minimum Gasteiger partial charge on any atom is -0.353 e. The van der Waals surface area contributed by atoms with Crippen molar-refractivity contribution in [2.75, 3.05) is 5.32 Å². The molecule has 130 valence electrons. The standard InChI is InChI=1S/C21H14N4OS/c26-20(24-17-9-3-8-16-14(17)6-4-10-22-16)19-12-27-21(25-19)18-11-13-5-1-2-7-15(13)23-18/h1-12,23H,(H,24,26). The number of nitrogens with one attached hydrogen (secondary N) is 2. The lowest BCUT2D eigenvalue weighted by Gasteiger charge is -2.06. The highest BCUT2D eigenvalue weighted by Gasteiger charge is 2.14. The normalized spacial score (nSPS) is 11.1. The summed E-state index contributed by atoms with van der Waals surface area (Å²) in [5.74, 6) is -0.232. The highest BCUT2D eigenvalue weighted by Crippen LogP contribution is 2.27. The summed E-state index contributed by atoms with van der Waals surface area (Å²) in [6.45, 7) is 0. The van der Waals surface area contributed by atoms with Gasteiger partial charge in [-0.25, -0.2) is 4.98 Å². The Labute approximate surface area is 158 Å². The van der Waals surface area contributed by atoms with Crippen LogP contribution >= 0.6 is 11.3 Å². The molecule has 5 aromatic rings. The summed E-state index contributed by atoms with van der Waals surface area (Å²) in [5.41, 5.74) is 3.93. The third-order valence-corrected chi connectivity index (χ3v) is 5.27. The van der Waals surface area contributed by atoms with Gasteiger partial charge in [-0.2, -0.15) is 0 Å². The van der Waals surface area contributed by atoms with Crippen molar-refractivity contribution in [2.45, 2.75) is 0 Å². The van der Waals surface area contributed by atoms with E-state index < -0.39 is 0 Å². The van der Waals surface area contributed by atoms with Crippen molar-refractivity contribution in [3.05, 3.63) is 77.9 Å². The van der Waals surface area contributed by atoms with Crippen molar-refractivity contribution in [2.24, 2.45) is 0 Å². The van der Waals surface area contributed by atoms with Crippen LogP contribution in [0, 0.1) is 0 Å².